The lowest BCUT2D eigenvalue weighted by Gasteiger charge is -2.11. The van der Waals surface area contributed by atoms with E-state index in [4.69, 9.17) is 21.1 Å². The second kappa shape index (κ2) is 12.6. The molecule has 0 spiro atoms. The van der Waals surface area contributed by atoms with Gasteiger partial charge < -0.3 is 14.4 Å². The van der Waals surface area contributed by atoms with Gasteiger partial charge in [0.05, 0.1) is 16.2 Å². The molecule has 4 aromatic carbocycles. The fraction of sp³-hybridized carbons (Fsp3) is 0.103. The van der Waals surface area contributed by atoms with Crippen LogP contribution in [0, 0.1) is 10.1 Å². The minimum Gasteiger partial charge on any atom is -0.454 e. The van der Waals surface area contributed by atoms with Crippen molar-refractivity contribution in [2.24, 2.45) is 10.2 Å². The maximum atomic E-state index is 12.7. The molecule has 4 rings (SSSR count). The van der Waals surface area contributed by atoms with Crippen LogP contribution in [0.25, 0.3) is 0 Å². The fourth-order valence-corrected chi connectivity index (χ4v) is 3.68. The topological polar surface area (TPSA) is 124 Å². The van der Waals surface area contributed by atoms with Crippen molar-refractivity contribution in [1.82, 2.24) is 0 Å². The molecule has 11 heteroatoms. The molecule has 40 heavy (non-hydrogen) atoms. The fourth-order valence-electron chi connectivity index (χ4n) is 3.51. The molecule has 0 aliphatic carbocycles. The van der Waals surface area contributed by atoms with Gasteiger partial charge in [-0.05, 0) is 72.8 Å². The third kappa shape index (κ3) is 7.06. The standard InChI is InChI=1S/C29H23ClN4O6/c1-33(2)22-12-10-21(11-13-22)31-32-25-6-4-3-5-24(25)29(36)39-18-27(35)19-7-14-23(15-8-19)40-28-16-9-20(30)17-26(28)34(37)38/h3-17H,18H2,1-2H3. The maximum absolute atomic E-state index is 12.7. The van der Waals surface area contributed by atoms with Crippen LogP contribution in [-0.4, -0.2) is 37.4 Å². The van der Waals surface area contributed by atoms with Crippen molar-refractivity contribution < 1.29 is 24.0 Å². The van der Waals surface area contributed by atoms with Crippen LogP contribution < -0.4 is 9.64 Å². The molecule has 10 nitrogen and oxygen atoms in total. The molecular weight excluding hydrogens is 536 g/mol. The van der Waals surface area contributed by atoms with E-state index >= 15 is 0 Å². The number of hydrogen-bond acceptors (Lipinski definition) is 9. The summed E-state index contributed by atoms with van der Waals surface area (Å²) in [6.07, 6.45) is 0. The number of azo groups is 1. The number of nitro groups is 1. The zero-order chi connectivity index (χ0) is 28.6. The highest BCUT2D eigenvalue weighted by Crippen LogP contribution is 2.33. The van der Waals surface area contributed by atoms with Crippen molar-refractivity contribution in [3.63, 3.8) is 0 Å². The second-order valence-electron chi connectivity index (χ2n) is 8.62. The molecule has 0 saturated heterocycles. The Morgan fingerprint density at radius 1 is 0.925 bits per heavy atom. The zero-order valence-corrected chi connectivity index (χ0v) is 22.2. The highest BCUT2D eigenvalue weighted by molar-refractivity contribution is 6.30. The van der Waals surface area contributed by atoms with Crippen LogP contribution in [0.4, 0.5) is 22.7 Å². The SMILES string of the molecule is CN(C)c1ccc(N=Nc2ccccc2C(=O)OCC(=O)c2ccc(Oc3ccc(Cl)cc3[N+](=O)[O-])cc2)cc1. The summed E-state index contributed by atoms with van der Waals surface area (Å²) in [5.74, 6) is -0.892. The Morgan fingerprint density at radius 3 is 2.30 bits per heavy atom. The average molecular weight is 559 g/mol. The van der Waals surface area contributed by atoms with Crippen molar-refractivity contribution in [2.75, 3.05) is 25.6 Å². The van der Waals surface area contributed by atoms with E-state index in [1.807, 2.05) is 43.3 Å². The first-order chi connectivity index (χ1) is 19.2. The first kappa shape index (κ1) is 27.9. The molecule has 0 radical (unpaired) electrons. The largest absolute Gasteiger partial charge is 0.454 e. The van der Waals surface area contributed by atoms with Gasteiger partial charge in [0, 0.05) is 36.4 Å². The Bertz CT molecular complexity index is 1570. The average Bonchev–Trinajstić information content (AvgIpc) is 2.96. The van der Waals surface area contributed by atoms with Crippen molar-refractivity contribution in [1.29, 1.82) is 0 Å². The third-order valence-corrected chi connectivity index (χ3v) is 5.85. The Kier molecular flexibility index (Phi) is 8.82. The smallest absolute Gasteiger partial charge is 0.340 e. The van der Waals surface area contributed by atoms with Gasteiger partial charge >= 0.3 is 11.7 Å². The second-order valence-corrected chi connectivity index (χ2v) is 9.06. The van der Waals surface area contributed by atoms with Gasteiger partial charge in [-0.1, -0.05) is 23.7 Å². The summed E-state index contributed by atoms with van der Waals surface area (Å²) in [6.45, 7) is -0.501. The van der Waals surface area contributed by atoms with E-state index in [9.17, 15) is 19.7 Å². The number of halogens is 1. The molecule has 0 aliphatic rings. The van der Waals surface area contributed by atoms with Crippen LogP contribution in [-0.2, 0) is 4.74 Å². The van der Waals surface area contributed by atoms with Crippen molar-refractivity contribution in [3.05, 3.63) is 117 Å². The molecule has 0 aliphatic heterocycles. The Labute approximate surface area is 234 Å². The summed E-state index contributed by atoms with van der Waals surface area (Å²) >= 11 is 5.83. The van der Waals surface area contributed by atoms with E-state index < -0.39 is 23.3 Å². The number of esters is 1. The predicted molar refractivity (Wildman–Crippen MR) is 151 cm³/mol. The molecule has 0 unspecified atom stereocenters. The minimum atomic E-state index is -0.721. The lowest BCUT2D eigenvalue weighted by Crippen LogP contribution is -2.14. The van der Waals surface area contributed by atoms with Gasteiger partial charge in [0.2, 0.25) is 5.75 Å². The van der Waals surface area contributed by atoms with Crippen molar-refractivity contribution in [3.8, 4) is 11.5 Å². The summed E-state index contributed by atoms with van der Waals surface area (Å²) in [4.78, 5) is 38.0. The van der Waals surface area contributed by atoms with Gasteiger partial charge in [-0.25, -0.2) is 4.79 Å². The lowest BCUT2D eigenvalue weighted by atomic mass is 10.1. The summed E-state index contributed by atoms with van der Waals surface area (Å²) in [6, 6.07) is 23.9. The van der Waals surface area contributed by atoms with Crippen molar-refractivity contribution in [2.45, 2.75) is 0 Å². The molecule has 0 saturated carbocycles. The van der Waals surface area contributed by atoms with E-state index in [0.717, 1.165) is 5.69 Å². The molecule has 0 heterocycles. The van der Waals surface area contributed by atoms with Crippen LogP contribution in [0.3, 0.4) is 0 Å². The van der Waals surface area contributed by atoms with E-state index in [0.29, 0.717) is 11.4 Å². The molecular formula is C29H23ClN4O6. The van der Waals surface area contributed by atoms with Crippen LogP contribution in [0.1, 0.15) is 20.7 Å². The van der Waals surface area contributed by atoms with Crippen LogP contribution in [0.15, 0.2) is 101 Å². The Hall–Kier alpha value is -5.09. The number of benzene rings is 4. The molecule has 4 aromatic rings. The number of anilines is 1. The third-order valence-electron chi connectivity index (χ3n) is 5.62. The van der Waals surface area contributed by atoms with Gasteiger partial charge in [-0.2, -0.15) is 5.11 Å². The predicted octanol–water partition coefficient (Wildman–Crippen LogP) is 7.56. The number of rotatable bonds is 10. The molecule has 0 amide bonds. The summed E-state index contributed by atoms with van der Waals surface area (Å²) in [5.41, 5.74) is 2.07. The van der Waals surface area contributed by atoms with Crippen LogP contribution in [0.2, 0.25) is 5.02 Å². The van der Waals surface area contributed by atoms with E-state index in [2.05, 4.69) is 10.2 Å². The molecule has 0 bridgehead atoms. The van der Waals surface area contributed by atoms with Gasteiger partial charge in [0.25, 0.3) is 0 Å². The van der Waals surface area contributed by atoms with E-state index in [-0.39, 0.29) is 33.3 Å². The highest BCUT2D eigenvalue weighted by atomic mass is 35.5. The highest BCUT2D eigenvalue weighted by Gasteiger charge is 2.18. The summed E-state index contributed by atoms with van der Waals surface area (Å²) in [7, 11) is 3.87. The number of hydrogen-bond donors (Lipinski definition) is 0. The van der Waals surface area contributed by atoms with Gasteiger partial charge in [-0.15, -0.1) is 5.11 Å². The Morgan fingerprint density at radius 2 is 1.62 bits per heavy atom. The summed E-state index contributed by atoms with van der Waals surface area (Å²) < 4.78 is 10.8. The number of carbonyl (C=O) groups excluding carboxylic acids is 2. The van der Waals surface area contributed by atoms with Gasteiger partial charge in [0.1, 0.15) is 11.4 Å². The molecule has 202 valence electrons. The lowest BCUT2D eigenvalue weighted by molar-refractivity contribution is -0.385. The first-order valence-electron chi connectivity index (χ1n) is 11.9. The number of ketones is 1. The van der Waals surface area contributed by atoms with Gasteiger partial charge in [-0.3, -0.25) is 14.9 Å². The number of nitro benzene ring substituents is 1. The summed E-state index contributed by atoms with van der Waals surface area (Å²) in [5, 5.41) is 19.8. The van der Waals surface area contributed by atoms with E-state index in [1.165, 1.54) is 42.5 Å². The number of carbonyl (C=O) groups is 2. The first-order valence-corrected chi connectivity index (χ1v) is 12.3. The molecule has 0 aromatic heterocycles. The van der Waals surface area contributed by atoms with Crippen LogP contribution >= 0.6 is 11.6 Å². The number of Topliss-reactive ketones (excluding diaryl/α,β-unsaturated/α-hetero) is 1. The van der Waals surface area contributed by atoms with E-state index in [1.54, 1.807) is 24.3 Å². The minimum absolute atomic E-state index is 0.00352. The van der Waals surface area contributed by atoms with Crippen molar-refractivity contribution >= 4 is 46.1 Å². The zero-order valence-electron chi connectivity index (χ0n) is 21.5. The molecule has 0 N–H and O–H groups in total. The normalized spacial score (nSPS) is 10.8. The monoisotopic (exact) mass is 558 g/mol. The number of nitrogens with zero attached hydrogens (tertiary/aromatic N) is 4. The number of ether oxygens (including phenoxy) is 2. The quantitative estimate of drug-likeness (QED) is 0.0646. The molecule has 0 fully saturated rings. The van der Waals surface area contributed by atoms with Gasteiger partial charge in [0.15, 0.2) is 12.4 Å². The van der Waals surface area contributed by atoms with Crippen LogP contribution in [0.5, 0.6) is 11.5 Å². The molecule has 0 atom stereocenters. The Balaban J connectivity index is 1.38. The maximum Gasteiger partial charge on any atom is 0.340 e.